The number of carbonyl (C=O) groups excluding carboxylic acids is 1. The van der Waals surface area contributed by atoms with E-state index in [1.807, 2.05) is 60.3 Å². The summed E-state index contributed by atoms with van der Waals surface area (Å²) in [7, 11) is 0. The summed E-state index contributed by atoms with van der Waals surface area (Å²) < 4.78 is 1.87. The van der Waals surface area contributed by atoms with Crippen LogP contribution in [0.1, 0.15) is 29.7 Å². The number of anilines is 1. The number of nitrogens with zero attached hydrogens (tertiary/aromatic N) is 2. The van der Waals surface area contributed by atoms with Crippen molar-refractivity contribution in [2.45, 2.75) is 32.7 Å². The maximum Gasteiger partial charge on any atom is 0.225 e. The number of carbonyl (C=O) groups is 1. The average molecular weight is 407 g/mol. The number of aryl methyl sites for hydroxylation is 2. The molecule has 0 radical (unpaired) electrons. The molecule has 0 saturated carbocycles. The molecule has 5 nitrogen and oxygen atoms in total. The Morgan fingerprint density at radius 2 is 2.03 bits per heavy atom. The molecule has 29 heavy (non-hydrogen) atoms. The van der Waals surface area contributed by atoms with Gasteiger partial charge in [-0.1, -0.05) is 41.9 Å². The van der Waals surface area contributed by atoms with Gasteiger partial charge < -0.3 is 10.3 Å². The molecule has 0 unspecified atom stereocenters. The van der Waals surface area contributed by atoms with Crippen molar-refractivity contribution in [1.82, 2.24) is 14.8 Å². The van der Waals surface area contributed by atoms with Crippen LogP contribution in [-0.2, 0) is 17.8 Å². The predicted octanol–water partition coefficient (Wildman–Crippen LogP) is 5.34. The summed E-state index contributed by atoms with van der Waals surface area (Å²) in [6, 6.07) is 17.8. The lowest BCUT2D eigenvalue weighted by Crippen LogP contribution is -2.12. The van der Waals surface area contributed by atoms with Crippen LogP contribution in [-0.4, -0.2) is 20.7 Å². The van der Waals surface area contributed by atoms with Crippen molar-refractivity contribution in [1.29, 1.82) is 0 Å². The van der Waals surface area contributed by atoms with E-state index in [0.717, 1.165) is 29.6 Å². The Morgan fingerprint density at radius 3 is 2.90 bits per heavy atom. The van der Waals surface area contributed by atoms with E-state index in [1.165, 1.54) is 10.9 Å². The van der Waals surface area contributed by atoms with Crippen molar-refractivity contribution in [2.24, 2.45) is 0 Å². The summed E-state index contributed by atoms with van der Waals surface area (Å²) in [6.45, 7) is 2.59. The van der Waals surface area contributed by atoms with Gasteiger partial charge in [0.05, 0.1) is 6.54 Å². The van der Waals surface area contributed by atoms with Gasteiger partial charge >= 0.3 is 0 Å². The van der Waals surface area contributed by atoms with Gasteiger partial charge in [-0.15, -0.1) is 0 Å². The third-order valence-corrected chi connectivity index (χ3v) is 5.23. The zero-order valence-corrected chi connectivity index (χ0v) is 17.0. The number of hydrogen-bond donors (Lipinski definition) is 2. The number of H-pyrrole nitrogens is 1. The van der Waals surface area contributed by atoms with Crippen LogP contribution in [0.5, 0.6) is 0 Å². The fraction of sp³-hybridized carbons (Fsp3) is 0.217. The highest BCUT2D eigenvalue weighted by atomic mass is 35.5. The molecule has 0 bridgehead atoms. The molecule has 0 atom stereocenters. The second-order valence-electron chi connectivity index (χ2n) is 7.22. The molecule has 6 heteroatoms. The predicted molar refractivity (Wildman–Crippen MR) is 117 cm³/mol. The topological polar surface area (TPSA) is 62.7 Å². The average Bonchev–Trinajstić information content (AvgIpc) is 3.25. The van der Waals surface area contributed by atoms with Crippen molar-refractivity contribution in [3.63, 3.8) is 0 Å². The third-order valence-electron chi connectivity index (χ3n) is 4.99. The molecule has 2 heterocycles. The Bertz CT molecular complexity index is 1140. The molecule has 0 aliphatic carbocycles. The van der Waals surface area contributed by atoms with Gasteiger partial charge in [-0.2, -0.15) is 5.10 Å². The van der Waals surface area contributed by atoms with Gasteiger partial charge in [0, 0.05) is 40.3 Å². The largest absolute Gasteiger partial charge is 0.361 e. The highest BCUT2D eigenvalue weighted by molar-refractivity contribution is 6.30. The standard InChI is InChI=1S/C23H23ClN4O/c1-16-12-22(27-28(16)15-17-6-4-8-19(24)13-17)26-23(29)11-5-7-18-14-25-21-10-3-2-9-20(18)21/h2-4,6,8-10,12-14,25H,5,7,11,15H2,1H3,(H,26,27,29). The maximum absolute atomic E-state index is 12.3. The molecule has 4 aromatic rings. The highest BCUT2D eigenvalue weighted by Crippen LogP contribution is 2.20. The number of aromatic amines is 1. The number of nitrogens with one attached hydrogen (secondary N) is 2. The van der Waals surface area contributed by atoms with Gasteiger partial charge in [-0.3, -0.25) is 9.48 Å². The monoisotopic (exact) mass is 406 g/mol. The van der Waals surface area contributed by atoms with Crippen LogP contribution in [0.3, 0.4) is 0 Å². The lowest BCUT2D eigenvalue weighted by molar-refractivity contribution is -0.116. The van der Waals surface area contributed by atoms with E-state index in [0.29, 0.717) is 23.8 Å². The van der Waals surface area contributed by atoms with E-state index >= 15 is 0 Å². The smallest absolute Gasteiger partial charge is 0.225 e. The van der Waals surface area contributed by atoms with E-state index in [-0.39, 0.29) is 5.91 Å². The van der Waals surface area contributed by atoms with Crippen LogP contribution in [0.15, 0.2) is 60.8 Å². The van der Waals surface area contributed by atoms with Crippen molar-refractivity contribution in [3.05, 3.63) is 82.6 Å². The number of aromatic nitrogens is 3. The Kier molecular flexibility index (Phi) is 5.67. The van der Waals surface area contributed by atoms with Gasteiger partial charge in [0.25, 0.3) is 0 Å². The minimum atomic E-state index is -0.0164. The number of halogens is 1. The molecule has 4 rings (SSSR count). The molecule has 1 amide bonds. The first-order chi connectivity index (χ1) is 14.1. The fourth-order valence-corrected chi connectivity index (χ4v) is 3.74. The second kappa shape index (κ2) is 8.53. The maximum atomic E-state index is 12.3. The number of benzene rings is 2. The Balaban J connectivity index is 1.31. The minimum absolute atomic E-state index is 0.0164. The zero-order valence-electron chi connectivity index (χ0n) is 16.3. The van der Waals surface area contributed by atoms with Gasteiger partial charge in [0.15, 0.2) is 5.82 Å². The third kappa shape index (κ3) is 4.69. The molecule has 2 N–H and O–H groups in total. The first-order valence-electron chi connectivity index (χ1n) is 9.72. The zero-order chi connectivity index (χ0) is 20.2. The molecule has 0 fully saturated rings. The van der Waals surface area contributed by atoms with Crippen LogP contribution in [0.25, 0.3) is 10.9 Å². The van der Waals surface area contributed by atoms with Gasteiger partial charge in [0.2, 0.25) is 5.91 Å². The molecular weight excluding hydrogens is 384 g/mol. The molecular formula is C23H23ClN4O. The number of rotatable bonds is 7. The number of hydrogen-bond acceptors (Lipinski definition) is 2. The van der Waals surface area contributed by atoms with Crippen molar-refractivity contribution in [3.8, 4) is 0 Å². The highest BCUT2D eigenvalue weighted by Gasteiger charge is 2.10. The Morgan fingerprint density at radius 1 is 1.17 bits per heavy atom. The van der Waals surface area contributed by atoms with Crippen LogP contribution in [0.4, 0.5) is 5.82 Å². The summed E-state index contributed by atoms with van der Waals surface area (Å²) in [6.07, 6.45) is 4.14. The van der Waals surface area contributed by atoms with Gasteiger partial charge in [-0.05, 0) is 49.1 Å². The lowest BCUT2D eigenvalue weighted by atomic mass is 10.1. The van der Waals surface area contributed by atoms with Crippen LogP contribution >= 0.6 is 11.6 Å². The summed E-state index contributed by atoms with van der Waals surface area (Å²) >= 11 is 6.05. The van der Waals surface area contributed by atoms with Crippen LogP contribution < -0.4 is 5.32 Å². The molecule has 0 spiro atoms. The molecule has 148 valence electrons. The fourth-order valence-electron chi connectivity index (χ4n) is 3.52. The molecule has 2 aromatic heterocycles. The molecule has 2 aromatic carbocycles. The summed E-state index contributed by atoms with van der Waals surface area (Å²) in [5, 5.41) is 9.35. The number of fused-ring (bicyclic) bond motifs is 1. The number of para-hydroxylation sites is 1. The van der Waals surface area contributed by atoms with Gasteiger partial charge in [0.1, 0.15) is 0 Å². The SMILES string of the molecule is Cc1cc(NC(=O)CCCc2c[nH]c3ccccc23)nn1Cc1cccc(Cl)c1. The first-order valence-corrected chi connectivity index (χ1v) is 10.1. The molecule has 0 aliphatic rings. The minimum Gasteiger partial charge on any atom is -0.361 e. The van der Waals surface area contributed by atoms with Crippen molar-refractivity contribution < 1.29 is 4.79 Å². The van der Waals surface area contributed by atoms with Crippen molar-refractivity contribution in [2.75, 3.05) is 5.32 Å². The first kappa shape index (κ1) is 19.3. The Labute approximate surface area is 174 Å². The molecule has 0 aliphatic heterocycles. The van der Waals surface area contributed by atoms with Gasteiger partial charge in [-0.25, -0.2) is 0 Å². The van der Waals surface area contributed by atoms with E-state index in [2.05, 4.69) is 27.5 Å². The summed E-state index contributed by atoms with van der Waals surface area (Å²) in [5.74, 6) is 0.568. The van der Waals surface area contributed by atoms with E-state index in [1.54, 1.807) is 0 Å². The van der Waals surface area contributed by atoms with E-state index in [4.69, 9.17) is 11.6 Å². The lowest BCUT2D eigenvalue weighted by Gasteiger charge is -2.05. The summed E-state index contributed by atoms with van der Waals surface area (Å²) in [5.41, 5.74) is 4.43. The van der Waals surface area contributed by atoms with Crippen molar-refractivity contribution >= 4 is 34.2 Å². The second-order valence-corrected chi connectivity index (χ2v) is 7.66. The normalized spacial score (nSPS) is 11.1. The van der Waals surface area contributed by atoms with Crippen LogP contribution in [0, 0.1) is 6.92 Å². The Hall–Kier alpha value is -3.05. The number of amides is 1. The van der Waals surface area contributed by atoms with Crippen LogP contribution in [0.2, 0.25) is 5.02 Å². The summed E-state index contributed by atoms with van der Waals surface area (Å²) in [4.78, 5) is 15.6. The quantitative estimate of drug-likeness (QED) is 0.435. The van der Waals surface area contributed by atoms with E-state index in [9.17, 15) is 4.79 Å². The molecule has 0 saturated heterocycles. The van der Waals surface area contributed by atoms with E-state index < -0.39 is 0 Å².